The van der Waals surface area contributed by atoms with Crippen molar-refractivity contribution in [2.75, 3.05) is 6.54 Å². The zero-order valence-electron chi connectivity index (χ0n) is 20.7. The van der Waals surface area contributed by atoms with E-state index in [1.807, 2.05) is 48.5 Å². The van der Waals surface area contributed by atoms with Gasteiger partial charge < -0.3 is 16.2 Å². The Morgan fingerprint density at radius 2 is 1.58 bits per heavy atom. The first-order valence-corrected chi connectivity index (χ1v) is 13.0. The normalized spacial score (nSPS) is 18.4. The maximum atomic E-state index is 13.3. The molecule has 4 rings (SSSR count). The van der Waals surface area contributed by atoms with Crippen LogP contribution in [0.4, 0.5) is 0 Å². The second-order valence-corrected chi connectivity index (χ2v) is 9.92. The van der Waals surface area contributed by atoms with Crippen LogP contribution in [0.15, 0.2) is 78.9 Å². The summed E-state index contributed by atoms with van der Waals surface area (Å²) in [6, 6.07) is 26.6. The predicted molar refractivity (Wildman–Crippen MR) is 143 cm³/mol. The van der Waals surface area contributed by atoms with E-state index in [1.54, 1.807) is 0 Å². The lowest BCUT2D eigenvalue weighted by molar-refractivity contribution is -0.137. The van der Waals surface area contributed by atoms with Crippen molar-refractivity contribution in [3.05, 3.63) is 95.6 Å². The summed E-state index contributed by atoms with van der Waals surface area (Å²) in [5.41, 5.74) is 11.3. The topological polar surface area (TPSA) is 92.4 Å². The van der Waals surface area contributed by atoms with E-state index in [2.05, 4.69) is 35.6 Å². The third kappa shape index (κ3) is 7.05. The molecule has 0 spiro atoms. The van der Waals surface area contributed by atoms with Gasteiger partial charge in [0.25, 0.3) is 0 Å². The molecule has 0 radical (unpaired) electrons. The Bertz CT molecular complexity index is 1140. The molecule has 1 aliphatic carbocycles. The number of carboxylic acid groups (broad SMARTS) is 1. The number of hydrogen-bond acceptors (Lipinski definition) is 3. The molecule has 0 aliphatic heterocycles. The first kappa shape index (κ1) is 25.6. The highest BCUT2D eigenvalue weighted by Crippen LogP contribution is 2.30. The van der Waals surface area contributed by atoms with Gasteiger partial charge in [-0.1, -0.05) is 72.8 Å². The maximum absolute atomic E-state index is 13.3. The van der Waals surface area contributed by atoms with Crippen LogP contribution in [0.3, 0.4) is 0 Å². The summed E-state index contributed by atoms with van der Waals surface area (Å²) in [5.74, 6) is -0.0562. The number of carbonyl (C=O) groups is 2. The molecule has 1 aliphatic rings. The molecule has 0 saturated heterocycles. The van der Waals surface area contributed by atoms with Gasteiger partial charge in [0.15, 0.2) is 0 Å². The quantitative estimate of drug-likeness (QED) is 0.352. The summed E-state index contributed by atoms with van der Waals surface area (Å²) in [7, 11) is 0. The molecule has 0 aromatic heterocycles. The summed E-state index contributed by atoms with van der Waals surface area (Å²) in [6.07, 6.45) is 5.23. The summed E-state index contributed by atoms with van der Waals surface area (Å²) < 4.78 is 0. The Morgan fingerprint density at radius 3 is 2.25 bits per heavy atom. The highest BCUT2D eigenvalue weighted by Gasteiger charge is 2.27. The van der Waals surface area contributed by atoms with E-state index in [0.717, 1.165) is 54.4 Å². The number of nitrogens with two attached hydrogens (primary N) is 1. The molecular weight excluding hydrogens is 448 g/mol. The highest BCUT2D eigenvalue weighted by molar-refractivity contribution is 5.79. The highest BCUT2D eigenvalue weighted by atomic mass is 16.4. The van der Waals surface area contributed by atoms with Gasteiger partial charge in [0.2, 0.25) is 5.91 Å². The lowest BCUT2D eigenvalue weighted by atomic mass is 9.81. The predicted octanol–water partition coefficient (Wildman–Crippen LogP) is 5.54. The Kier molecular flexibility index (Phi) is 8.90. The van der Waals surface area contributed by atoms with Gasteiger partial charge >= 0.3 is 5.97 Å². The Morgan fingerprint density at radius 1 is 0.861 bits per heavy atom. The van der Waals surface area contributed by atoms with Gasteiger partial charge in [-0.05, 0) is 84.9 Å². The van der Waals surface area contributed by atoms with E-state index in [1.165, 1.54) is 5.56 Å². The number of carboxylic acids is 1. The van der Waals surface area contributed by atoms with Crippen LogP contribution in [0, 0.1) is 11.8 Å². The fraction of sp³-hybridized carbons (Fsp3) is 0.355. The van der Waals surface area contributed by atoms with Crippen molar-refractivity contribution in [3.8, 4) is 11.1 Å². The molecule has 3 aromatic rings. The van der Waals surface area contributed by atoms with Crippen LogP contribution in [-0.2, 0) is 22.4 Å². The minimum atomic E-state index is -0.786. The summed E-state index contributed by atoms with van der Waals surface area (Å²) >= 11 is 0. The summed E-state index contributed by atoms with van der Waals surface area (Å²) in [4.78, 5) is 24.1. The molecule has 188 valence electrons. The molecule has 5 nitrogen and oxygen atoms in total. The number of hydrogen-bond donors (Lipinski definition) is 3. The molecule has 5 heteroatoms. The fourth-order valence-electron chi connectivity index (χ4n) is 5.10. The molecule has 1 amide bonds. The molecule has 1 unspecified atom stereocenters. The van der Waals surface area contributed by atoms with E-state index in [9.17, 15) is 9.59 Å². The number of aryl methyl sites for hydroxylation is 1. The van der Waals surface area contributed by atoms with Crippen molar-refractivity contribution in [3.63, 3.8) is 0 Å². The third-order valence-electron chi connectivity index (χ3n) is 7.35. The van der Waals surface area contributed by atoms with Gasteiger partial charge in [0, 0.05) is 12.3 Å². The Labute approximate surface area is 213 Å². The first-order valence-electron chi connectivity index (χ1n) is 13.0. The molecular formula is C31H36N2O3. The summed E-state index contributed by atoms with van der Waals surface area (Å²) in [5, 5.41) is 12.3. The second-order valence-electron chi connectivity index (χ2n) is 9.92. The molecule has 1 atom stereocenters. The van der Waals surface area contributed by atoms with Crippen LogP contribution in [0.25, 0.3) is 11.1 Å². The zero-order valence-corrected chi connectivity index (χ0v) is 20.7. The van der Waals surface area contributed by atoms with Gasteiger partial charge in [-0.2, -0.15) is 0 Å². The van der Waals surface area contributed by atoms with Crippen molar-refractivity contribution in [1.29, 1.82) is 0 Å². The van der Waals surface area contributed by atoms with Crippen LogP contribution in [0.5, 0.6) is 0 Å². The Hall–Kier alpha value is -3.44. The van der Waals surface area contributed by atoms with Crippen LogP contribution in [0.2, 0.25) is 0 Å². The average Bonchev–Trinajstić information content (AvgIpc) is 2.92. The van der Waals surface area contributed by atoms with Crippen molar-refractivity contribution in [2.45, 2.75) is 51.0 Å². The number of aliphatic carboxylic acids is 1. The lowest BCUT2D eigenvalue weighted by Gasteiger charge is -2.29. The molecule has 1 fully saturated rings. The number of amides is 1. The van der Waals surface area contributed by atoms with Crippen molar-refractivity contribution in [2.24, 2.45) is 17.6 Å². The van der Waals surface area contributed by atoms with Gasteiger partial charge in [-0.3, -0.25) is 9.59 Å². The van der Waals surface area contributed by atoms with Crippen molar-refractivity contribution in [1.82, 2.24) is 5.32 Å². The monoisotopic (exact) mass is 484 g/mol. The first-order chi connectivity index (χ1) is 17.5. The number of carbonyl (C=O) groups excluding carboxylic acids is 1. The molecule has 36 heavy (non-hydrogen) atoms. The SMILES string of the molecule is NCC1CCC(C(=O)NC(Cc2ccccc2)c2cccc(-c3ccc(CCC(=O)O)cc3)c2)CC1. The smallest absolute Gasteiger partial charge is 0.303 e. The minimum absolute atomic E-state index is 0.0487. The Balaban J connectivity index is 1.53. The van der Waals surface area contributed by atoms with Crippen molar-refractivity contribution >= 4 is 11.9 Å². The van der Waals surface area contributed by atoms with E-state index in [4.69, 9.17) is 10.8 Å². The van der Waals surface area contributed by atoms with Gasteiger partial charge in [-0.25, -0.2) is 0 Å². The largest absolute Gasteiger partial charge is 0.481 e. The fourth-order valence-corrected chi connectivity index (χ4v) is 5.10. The molecule has 3 aromatic carbocycles. The lowest BCUT2D eigenvalue weighted by Crippen LogP contribution is -2.37. The van der Waals surface area contributed by atoms with Crippen molar-refractivity contribution < 1.29 is 14.7 Å². The van der Waals surface area contributed by atoms with E-state index >= 15 is 0 Å². The molecule has 1 saturated carbocycles. The molecule has 4 N–H and O–H groups in total. The van der Waals surface area contributed by atoms with Gasteiger partial charge in [0.05, 0.1) is 6.04 Å². The number of nitrogens with one attached hydrogen (secondary N) is 1. The second kappa shape index (κ2) is 12.5. The standard InChI is InChI=1S/C31H36N2O3/c32-21-24-11-16-26(17-12-24)31(36)33-29(19-23-5-2-1-3-6-23)28-8-4-7-27(20-28)25-14-9-22(10-15-25)13-18-30(34)35/h1-10,14-15,20,24,26,29H,11-13,16-19,21,32H2,(H,33,36)(H,34,35). The van der Waals surface area contributed by atoms with E-state index < -0.39 is 5.97 Å². The minimum Gasteiger partial charge on any atom is -0.481 e. The van der Waals surface area contributed by atoms with Crippen LogP contribution >= 0.6 is 0 Å². The van der Waals surface area contributed by atoms with Gasteiger partial charge in [0.1, 0.15) is 0 Å². The van der Waals surface area contributed by atoms with Gasteiger partial charge in [-0.15, -0.1) is 0 Å². The summed E-state index contributed by atoms with van der Waals surface area (Å²) in [6.45, 7) is 0.707. The maximum Gasteiger partial charge on any atom is 0.303 e. The van der Waals surface area contributed by atoms with Crippen LogP contribution in [-0.4, -0.2) is 23.5 Å². The number of benzene rings is 3. The average molecular weight is 485 g/mol. The third-order valence-corrected chi connectivity index (χ3v) is 7.35. The van der Waals surface area contributed by atoms with E-state index in [-0.39, 0.29) is 24.3 Å². The van der Waals surface area contributed by atoms with Crippen LogP contribution < -0.4 is 11.1 Å². The van der Waals surface area contributed by atoms with E-state index in [0.29, 0.717) is 18.9 Å². The zero-order chi connectivity index (χ0) is 25.3. The van der Waals surface area contributed by atoms with Crippen LogP contribution in [0.1, 0.15) is 54.8 Å². The molecule has 0 bridgehead atoms. The molecule has 0 heterocycles. The number of rotatable bonds is 10.